The van der Waals surface area contributed by atoms with Crippen LogP contribution < -0.4 is 5.32 Å². The summed E-state index contributed by atoms with van der Waals surface area (Å²) < 4.78 is 28.8. The van der Waals surface area contributed by atoms with Crippen LogP contribution in [0, 0.1) is 0 Å². The molecule has 18 heavy (non-hydrogen) atoms. The van der Waals surface area contributed by atoms with Gasteiger partial charge in [-0.3, -0.25) is 0 Å². The Balaban J connectivity index is 2.13. The van der Waals surface area contributed by atoms with Gasteiger partial charge in [-0.2, -0.15) is 17.0 Å². The van der Waals surface area contributed by atoms with E-state index in [1.807, 2.05) is 13.8 Å². The zero-order valence-corrected chi connectivity index (χ0v) is 12.2. The van der Waals surface area contributed by atoms with Crippen molar-refractivity contribution in [2.24, 2.45) is 0 Å². The number of rotatable bonds is 6. The maximum atomic E-state index is 12.7. The van der Waals surface area contributed by atoms with Crippen molar-refractivity contribution in [1.82, 2.24) is 13.9 Å². The molecule has 0 spiro atoms. The van der Waals surface area contributed by atoms with Crippen LogP contribution in [0.2, 0.25) is 0 Å². The lowest BCUT2D eigenvalue weighted by atomic mass is 10.1. The largest absolute Gasteiger partial charge is 0.312 e. The first kappa shape index (κ1) is 14.2. The van der Waals surface area contributed by atoms with Crippen LogP contribution in [0.5, 0.6) is 0 Å². The second-order valence-electron chi connectivity index (χ2n) is 5.22. The summed E-state index contributed by atoms with van der Waals surface area (Å²) in [5.41, 5.74) is 0. The molecule has 5 nitrogen and oxygen atoms in total. The van der Waals surface area contributed by atoms with Crippen molar-refractivity contribution in [3.8, 4) is 0 Å². The maximum Gasteiger partial charge on any atom is 0.282 e. The molecule has 6 heteroatoms. The average molecular weight is 275 g/mol. The summed E-state index contributed by atoms with van der Waals surface area (Å²) in [6, 6.07) is 0.566. The van der Waals surface area contributed by atoms with Crippen molar-refractivity contribution in [2.45, 2.75) is 51.6 Å². The van der Waals surface area contributed by atoms with Gasteiger partial charge in [0.2, 0.25) is 0 Å². The molecule has 0 aromatic rings. The maximum absolute atomic E-state index is 12.7. The van der Waals surface area contributed by atoms with E-state index >= 15 is 0 Å². The molecule has 2 aliphatic heterocycles. The molecule has 2 unspecified atom stereocenters. The smallest absolute Gasteiger partial charge is 0.282 e. The molecule has 2 aliphatic rings. The molecule has 0 amide bonds. The van der Waals surface area contributed by atoms with E-state index in [0.717, 1.165) is 32.2 Å². The fourth-order valence-corrected chi connectivity index (χ4v) is 5.16. The first-order valence-corrected chi connectivity index (χ1v) is 8.51. The molecule has 2 fully saturated rings. The molecule has 0 aromatic heterocycles. The van der Waals surface area contributed by atoms with Gasteiger partial charge in [0.05, 0.1) is 0 Å². The van der Waals surface area contributed by atoms with E-state index in [0.29, 0.717) is 25.7 Å². The topological polar surface area (TPSA) is 52.7 Å². The van der Waals surface area contributed by atoms with E-state index in [-0.39, 0.29) is 6.04 Å². The van der Waals surface area contributed by atoms with E-state index in [9.17, 15) is 8.42 Å². The van der Waals surface area contributed by atoms with Gasteiger partial charge in [-0.1, -0.05) is 13.8 Å². The average Bonchev–Trinajstić information content (AvgIpc) is 2.89. The lowest BCUT2D eigenvalue weighted by Crippen LogP contribution is -2.47. The van der Waals surface area contributed by atoms with E-state index in [4.69, 9.17) is 0 Å². The van der Waals surface area contributed by atoms with Crippen LogP contribution in [0.1, 0.15) is 39.5 Å². The normalized spacial score (nSPS) is 29.1. The van der Waals surface area contributed by atoms with Gasteiger partial charge < -0.3 is 5.32 Å². The molecule has 0 aromatic carbocycles. The first-order chi connectivity index (χ1) is 8.61. The highest BCUT2D eigenvalue weighted by Gasteiger charge is 2.44. The van der Waals surface area contributed by atoms with E-state index in [1.165, 1.54) is 0 Å². The Morgan fingerprint density at radius 3 is 2.50 bits per heavy atom. The summed E-state index contributed by atoms with van der Waals surface area (Å²) in [6.45, 7) is 6.96. The van der Waals surface area contributed by atoms with E-state index in [2.05, 4.69) is 5.32 Å². The summed E-state index contributed by atoms with van der Waals surface area (Å²) in [4.78, 5) is 0. The number of fused-ring (bicyclic) bond motifs is 1. The third-order valence-electron chi connectivity index (χ3n) is 3.91. The fraction of sp³-hybridized carbons (Fsp3) is 1.00. The van der Waals surface area contributed by atoms with E-state index in [1.54, 1.807) is 8.61 Å². The molecule has 2 rings (SSSR count). The minimum atomic E-state index is -3.25. The van der Waals surface area contributed by atoms with Crippen LogP contribution in [-0.2, 0) is 10.2 Å². The molecule has 2 atom stereocenters. The van der Waals surface area contributed by atoms with E-state index < -0.39 is 10.2 Å². The van der Waals surface area contributed by atoms with Crippen LogP contribution in [0.3, 0.4) is 0 Å². The van der Waals surface area contributed by atoms with Gasteiger partial charge in [0.1, 0.15) is 0 Å². The summed E-state index contributed by atoms with van der Waals surface area (Å²) in [5, 5.41) is 3.40. The van der Waals surface area contributed by atoms with Gasteiger partial charge in [0.15, 0.2) is 0 Å². The summed E-state index contributed by atoms with van der Waals surface area (Å²) in [7, 11) is -3.25. The SMILES string of the molecule is CCCN(CCC)S(=O)(=O)N1CCC2NCCC21. The molecule has 106 valence electrons. The van der Waals surface area contributed by atoms with Crippen LogP contribution in [0.4, 0.5) is 0 Å². The standard InChI is InChI=1S/C12H25N3O2S/c1-3-8-14(9-4-2)18(16,17)15-10-6-11-12(15)5-7-13-11/h11-13H,3-10H2,1-2H3. The van der Waals surface area contributed by atoms with Crippen molar-refractivity contribution in [1.29, 1.82) is 0 Å². The molecule has 0 bridgehead atoms. The summed E-state index contributed by atoms with van der Waals surface area (Å²) in [6.07, 6.45) is 3.66. The highest BCUT2D eigenvalue weighted by Crippen LogP contribution is 2.29. The lowest BCUT2D eigenvalue weighted by molar-refractivity contribution is 0.322. The Morgan fingerprint density at radius 2 is 1.89 bits per heavy atom. The number of nitrogens with zero attached hydrogens (tertiary/aromatic N) is 2. The van der Waals surface area contributed by atoms with Gasteiger partial charge in [-0.25, -0.2) is 0 Å². The van der Waals surface area contributed by atoms with Crippen LogP contribution >= 0.6 is 0 Å². The molecule has 2 heterocycles. The zero-order chi connectivity index (χ0) is 13.2. The molecule has 2 saturated heterocycles. The van der Waals surface area contributed by atoms with Crippen molar-refractivity contribution >= 4 is 10.2 Å². The third kappa shape index (κ3) is 2.57. The van der Waals surface area contributed by atoms with Crippen molar-refractivity contribution in [2.75, 3.05) is 26.2 Å². The Kier molecular flexibility index (Phi) is 4.64. The molecule has 1 N–H and O–H groups in total. The number of hydrogen-bond acceptors (Lipinski definition) is 3. The molecular formula is C12H25N3O2S. The predicted octanol–water partition coefficient (Wildman–Crippen LogP) is 0.789. The van der Waals surface area contributed by atoms with Crippen molar-refractivity contribution < 1.29 is 8.42 Å². The minimum Gasteiger partial charge on any atom is -0.312 e. The highest BCUT2D eigenvalue weighted by atomic mass is 32.2. The van der Waals surface area contributed by atoms with Gasteiger partial charge >= 0.3 is 0 Å². The third-order valence-corrected chi connectivity index (χ3v) is 5.97. The predicted molar refractivity (Wildman–Crippen MR) is 72.6 cm³/mol. The Morgan fingerprint density at radius 1 is 1.22 bits per heavy atom. The molecular weight excluding hydrogens is 250 g/mol. The quantitative estimate of drug-likeness (QED) is 0.780. The van der Waals surface area contributed by atoms with Crippen LogP contribution in [-0.4, -0.2) is 55.3 Å². The second-order valence-corrected chi connectivity index (χ2v) is 7.10. The van der Waals surface area contributed by atoms with Gasteiger partial charge in [0.25, 0.3) is 10.2 Å². The summed E-state index contributed by atoms with van der Waals surface area (Å²) in [5.74, 6) is 0. The molecule has 0 aliphatic carbocycles. The van der Waals surface area contributed by atoms with Gasteiger partial charge in [0, 0.05) is 31.7 Å². The fourth-order valence-electron chi connectivity index (χ4n) is 3.10. The lowest BCUT2D eigenvalue weighted by Gasteiger charge is -2.30. The molecule has 0 saturated carbocycles. The van der Waals surface area contributed by atoms with Gasteiger partial charge in [-0.05, 0) is 32.2 Å². The Bertz CT molecular complexity index is 366. The van der Waals surface area contributed by atoms with Crippen LogP contribution in [0.15, 0.2) is 0 Å². The Labute approximate surface area is 111 Å². The molecule has 0 radical (unpaired) electrons. The van der Waals surface area contributed by atoms with Crippen LogP contribution in [0.25, 0.3) is 0 Å². The van der Waals surface area contributed by atoms with Crippen molar-refractivity contribution in [3.05, 3.63) is 0 Å². The monoisotopic (exact) mass is 275 g/mol. The highest BCUT2D eigenvalue weighted by molar-refractivity contribution is 7.86. The zero-order valence-electron chi connectivity index (χ0n) is 11.4. The summed E-state index contributed by atoms with van der Waals surface area (Å²) >= 11 is 0. The minimum absolute atomic E-state index is 0.186. The first-order valence-electron chi connectivity index (χ1n) is 7.11. The van der Waals surface area contributed by atoms with Gasteiger partial charge in [-0.15, -0.1) is 0 Å². The Hall–Kier alpha value is -0.170. The van der Waals surface area contributed by atoms with Crippen molar-refractivity contribution in [3.63, 3.8) is 0 Å². The number of hydrogen-bond donors (Lipinski definition) is 1. The number of nitrogens with one attached hydrogen (secondary N) is 1. The second kappa shape index (κ2) is 5.86.